The number of β-amino-alcohol motifs (C(OH)–C–C–N with tert-alkyl or cyclic N) is 1. The lowest BCUT2D eigenvalue weighted by Gasteiger charge is -2.31. The smallest absolute Gasteiger partial charge is 0.229 e. The van der Waals surface area contributed by atoms with Crippen LogP contribution >= 0.6 is 0 Å². The van der Waals surface area contributed by atoms with Gasteiger partial charge in [0.2, 0.25) is 11.8 Å². The molecule has 0 radical (unpaired) electrons. The monoisotopic (exact) mass is 346 g/mol. The Morgan fingerprint density at radius 1 is 1.40 bits per heavy atom. The van der Waals surface area contributed by atoms with Gasteiger partial charge in [-0.3, -0.25) is 0 Å². The van der Waals surface area contributed by atoms with Gasteiger partial charge < -0.3 is 19.4 Å². The molecule has 1 fully saturated rings. The molecule has 1 N–H and O–H groups in total. The van der Waals surface area contributed by atoms with Gasteiger partial charge in [0.05, 0.1) is 6.10 Å². The van der Waals surface area contributed by atoms with Crippen molar-refractivity contribution in [3.63, 3.8) is 0 Å². The molecule has 3 rings (SSSR count). The highest BCUT2D eigenvalue weighted by atomic mass is 16.5. The summed E-state index contributed by atoms with van der Waals surface area (Å²) in [6, 6.07) is 1.89. The zero-order valence-corrected chi connectivity index (χ0v) is 15.1. The van der Waals surface area contributed by atoms with Crippen molar-refractivity contribution in [2.75, 3.05) is 36.5 Å². The molecule has 25 heavy (non-hydrogen) atoms. The van der Waals surface area contributed by atoms with Crippen LogP contribution in [0.5, 0.6) is 0 Å². The van der Waals surface area contributed by atoms with Crippen molar-refractivity contribution in [1.29, 1.82) is 0 Å². The maximum atomic E-state index is 9.85. The molecule has 1 atom stereocenters. The third kappa shape index (κ3) is 4.45. The average Bonchev–Trinajstić information content (AvgIpc) is 3.09. The molecule has 1 unspecified atom stereocenters. The number of aliphatic hydroxyl groups excluding tert-OH is 1. The number of nitrogens with zero attached hydrogens (tertiary/aromatic N) is 6. The lowest BCUT2D eigenvalue weighted by molar-refractivity contribution is 0.154. The fourth-order valence-corrected chi connectivity index (χ4v) is 2.83. The molecule has 8 heteroatoms. The Balaban J connectivity index is 1.61. The predicted octanol–water partition coefficient (Wildman–Crippen LogP) is 1.62. The molecule has 1 aliphatic heterocycles. The van der Waals surface area contributed by atoms with Gasteiger partial charge in [0.1, 0.15) is 5.82 Å². The second kappa shape index (κ2) is 7.77. The van der Waals surface area contributed by atoms with Crippen molar-refractivity contribution < 1.29 is 9.63 Å². The zero-order chi connectivity index (χ0) is 17.8. The van der Waals surface area contributed by atoms with E-state index in [2.05, 4.69) is 25.0 Å². The van der Waals surface area contributed by atoms with Gasteiger partial charge in [-0.2, -0.15) is 9.97 Å². The standard InChI is InChI=1S/C17H26N6O2/c1-12(2)16-19-14(21-25-16)7-10-22(3)17-18-8-6-15(20-17)23-9-4-5-13(24)11-23/h6,8,12-13,24H,4-5,7,9-11H2,1-3H3. The number of hydrogen-bond acceptors (Lipinski definition) is 8. The first-order valence-corrected chi connectivity index (χ1v) is 8.82. The Bertz CT molecular complexity index is 689. The van der Waals surface area contributed by atoms with E-state index in [1.807, 2.05) is 31.9 Å². The molecule has 2 aromatic rings. The molecule has 2 aromatic heterocycles. The summed E-state index contributed by atoms with van der Waals surface area (Å²) in [7, 11) is 1.95. The molecular formula is C17H26N6O2. The summed E-state index contributed by atoms with van der Waals surface area (Å²) in [4.78, 5) is 17.5. The van der Waals surface area contributed by atoms with Crippen molar-refractivity contribution in [3.05, 3.63) is 24.0 Å². The van der Waals surface area contributed by atoms with E-state index >= 15 is 0 Å². The minimum Gasteiger partial charge on any atom is -0.391 e. The summed E-state index contributed by atoms with van der Waals surface area (Å²) >= 11 is 0. The second-order valence-corrected chi connectivity index (χ2v) is 6.83. The summed E-state index contributed by atoms with van der Waals surface area (Å²) in [5.74, 6) is 3.12. The normalized spacial score (nSPS) is 18.0. The third-order valence-electron chi connectivity index (χ3n) is 4.34. The first kappa shape index (κ1) is 17.6. The fraction of sp³-hybridized carbons (Fsp3) is 0.647. The van der Waals surface area contributed by atoms with Crippen molar-refractivity contribution in [3.8, 4) is 0 Å². The highest BCUT2D eigenvalue weighted by Gasteiger charge is 2.19. The topological polar surface area (TPSA) is 91.4 Å². The molecular weight excluding hydrogens is 320 g/mol. The van der Waals surface area contributed by atoms with Crippen LogP contribution in [0.1, 0.15) is 44.3 Å². The van der Waals surface area contributed by atoms with Gasteiger partial charge in [0.15, 0.2) is 5.82 Å². The summed E-state index contributed by atoms with van der Waals surface area (Å²) in [5.41, 5.74) is 0. The quantitative estimate of drug-likeness (QED) is 0.844. The molecule has 1 aliphatic rings. The molecule has 136 valence electrons. The zero-order valence-electron chi connectivity index (χ0n) is 15.1. The molecule has 8 nitrogen and oxygen atoms in total. The molecule has 0 bridgehead atoms. The number of likely N-dealkylation sites (N-methyl/N-ethyl adjacent to an activating group) is 1. The number of piperidine rings is 1. The van der Waals surface area contributed by atoms with Gasteiger partial charge in [-0.1, -0.05) is 19.0 Å². The maximum Gasteiger partial charge on any atom is 0.229 e. The minimum absolute atomic E-state index is 0.235. The van der Waals surface area contributed by atoms with Crippen molar-refractivity contribution in [2.24, 2.45) is 0 Å². The van der Waals surface area contributed by atoms with Gasteiger partial charge in [-0.25, -0.2) is 4.98 Å². The van der Waals surface area contributed by atoms with Crippen LogP contribution in [0.2, 0.25) is 0 Å². The highest BCUT2D eigenvalue weighted by molar-refractivity contribution is 5.44. The highest BCUT2D eigenvalue weighted by Crippen LogP contribution is 2.19. The summed E-state index contributed by atoms with van der Waals surface area (Å²) in [5, 5.41) is 13.9. The van der Waals surface area contributed by atoms with Crippen molar-refractivity contribution >= 4 is 11.8 Å². The summed E-state index contributed by atoms with van der Waals surface area (Å²) in [6.45, 7) is 6.29. The molecule has 3 heterocycles. The molecule has 1 saturated heterocycles. The second-order valence-electron chi connectivity index (χ2n) is 6.83. The Labute approximate surface area is 147 Å². The van der Waals surface area contributed by atoms with E-state index in [0.717, 1.165) is 25.2 Å². The van der Waals surface area contributed by atoms with Crippen LogP contribution in [0.3, 0.4) is 0 Å². The number of aromatic nitrogens is 4. The Morgan fingerprint density at radius 3 is 2.96 bits per heavy atom. The van der Waals surface area contributed by atoms with E-state index in [0.29, 0.717) is 37.2 Å². The Morgan fingerprint density at radius 2 is 2.24 bits per heavy atom. The minimum atomic E-state index is -0.279. The van der Waals surface area contributed by atoms with Crippen LogP contribution in [-0.4, -0.2) is 58.0 Å². The fourth-order valence-electron chi connectivity index (χ4n) is 2.83. The van der Waals surface area contributed by atoms with Crippen LogP contribution in [-0.2, 0) is 6.42 Å². The number of aliphatic hydroxyl groups is 1. The van der Waals surface area contributed by atoms with Crippen LogP contribution in [0, 0.1) is 0 Å². The SMILES string of the molecule is CC(C)c1nc(CCN(C)c2nccc(N3CCCC(O)C3)n2)no1. The lowest BCUT2D eigenvalue weighted by atomic mass is 10.1. The largest absolute Gasteiger partial charge is 0.391 e. The van der Waals surface area contributed by atoms with Crippen LogP contribution in [0.15, 0.2) is 16.8 Å². The van der Waals surface area contributed by atoms with Gasteiger partial charge >= 0.3 is 0 Å². The van der Waals surface area contributed by atoms with E-state index in [1.54, 1.807) is 6.20 Å². The molecule has 0 saturated carbocycles. The summed E-state index contributed by atoms with van der Waals surface area (Å²) in [6.07, 6.45) is 3.99. The lowest BCUT2D eigenvalue weighted by Crippen LogP contribution is -2.39. The third-order valence-corrected chi connectivity index (χ3v) is 4.34. The van der Waals surface area contributed by atoms with Crippen LogP contribution < -0.4 is 9.80 Å². The average molecular weight is 346 g/mol. The van der Waals surface area contributed by atoms with Gasteiger partial charge in [0.25, 0.3) is 0 Å². The first-order valence-electron chi connectivity index (χ1n) is 8.82. The van der Waals surface area contributed by atoms with Gasteiger partial charge in [0, 0.05) is 45.2 Å². The van der Waals surface area contributed by atoms with Crippen molar-refractivity contribution in [2.45, 2.75) is 45.1 Å². The van der Waals surface area contributed by atoms with E-state index in [9.17, 15) is 5.11 Å². The molecule has 0 amide bonds. The van der Waals surface area contributed by atoms with E-state index in [4.69, 9.17) is 4.52 Å². The molecule has 0 aromatic carbocycles. The van der Waals surface area contributed by atoms with Gasteiger partial charge in [-0.15, -0.1) is 0 Å². The number of hydrogen-bond donors (Lipinski definition) is 1. The van der Waals surface area contributed by atoms with Gasteiger partial charge in [-0.05, 0) is 18.9 Å². The maximum absolute atomic E-state index is 9.85. The molecule has 0 spiro atoms. The Kier molecular flexibility index (Phi) is 5.47. The van der Waals surface area contributed by atoms with Crippen LogP contribution in [0.4, 0.5) is 11.8 Å². The predicted molar refractivity (Wildman–Crippen MR) is 94.8 cm³/mol. The Hall–Kier alpha value is -2.22. The van der Waals surface area contributed by atoms with Crippen LogP contribution in [0.25, 0.3) is 0 Å². The van der Waals surface area contributed by atoms with Crippen molar-refractivity contribution in [1.82, 2.24) is 20.1 Å². The first-order chi connectivity index (χ1) is 12.0. The van der Waals surface area contributed by atoms with E-state index in [-0.39, 0.29) is 12.0 Å². The van der Waals surface area contributed by atoms with E-state index in [1.165, 1.54) is 0 Å². The molecule has 0 aliphatic carbocycles. The van der Waals surface area contributed by atoms with E-state index < -0.39 is 0 Å². The summed E-state index contributed by atoms with van der Waals surface area (Å²) < 4.78 is 5.23. The number of rotatable bonds is 6. The number of anilines is 2.